The van der Waals surface area contributed by atoms with Gasteiger partial charge >= 0.3 is 0 Å². The SMILES string of the molecule is CN=C(NCCOc1ccc(OC)cc1)NCc1ccccc1CN1CCOCC1.I. The van der Waals surface area contributed by atoms with Crippen LogP contribution in [0.2, 0.25) is 0 Å². The second-order valence-electron chi connectivity index (χ2n) is 7.03. The Labute approximate surface area is 202 Å². The van der Waals surface area contributed by atoms with Gasteiger partial charge in [-0.3, -0.25) is 9.89 Å². The number of nitrogens with zero attached hydrogens (tertiary/aromatic N) is 2. The summed E-state index contributed by atoms with van der Waals surface area (Å²) < 4.78 is 16.4. The fourth-order valence-corrected chi connectivity index (χ4v) is 3.29. The Hall–Kier alpha value is -2.04. The predicted molar refractivity (Wildman–Crippen MR) is 135 cm³/mol. The summed E-state index contributed by atoms with van der Waals surface area (Å²) in [6.45, 7) is 6.47. The number of hydrogen-bond donors (Lipinski definition) is 2. The first-order chi connectivity index (χ1) is 14.8. The molecule has 0 bridgehead atoms. The lowest BCUT2D eigenvalue weighted by Gasteiger charge is -2.27. The topological polar surface area (TPSA) is 67.4 Å². The molecule has 0 radical (unpaired) electrons. The largest absolute Gasteiger partial charge is 0.497 e. The van der Waals surface area contributed by atoms with Gasteiger partial charge in [0.1, 0.15) is 18.1 Å². The summed E-state index contributed by atoms with van der Waals surface area (Å²) in [5.74, 6) is 2.39. The van der Waals surface area contributed by atoms with E-state index in [1.165, 1.54) is 11.1 Å². The highest BCUT2D eigenvalue weighted by Crippen LogP contribution is 2.16. The molecule has 2 N–H and O–H groups in total. The van der Waals surface area contributed by atoms with Gasteiger partial charge in [-0.05, 0) is 35.4 Å². The molecule has 1 aliphatic heterocycles. The quantitative estimate of drug-likeness (QED) is 0.221. The van der Waals surface area contributed by atoms with Gasteiger partial charge in [0.15, 0.2) is 5.96 Å². The zero-order chi connectivity index (χ0) is 21.0. The predicted octanol–water partition coefficient (Wildman–Crippen LogP) is 2.89. The fraction of sp³-hybridized carbons (Fsp3) is 0.435. The van der Waals surface area contributed by atoms with Gasteiger partial charge in [-0.2, -0.15) is 0 Å². The maximum absolute atomic E-state index is 5.75. The number of nitrogens with one attached hydrogen (secondary N) is 2. The van der Waals surface area contributed by atoms with Crippen LogP contribution in [-0.2, 0) is 17.8 Å². The van der Waals surface area contributed by atoms with E-state index in [-0.39, 0.29) is 24.0 Å². The summed E-state index contributed by atoms with van der Waals surface area (Å²) in [4.78, 5) is 6.75. The molecular weight excluding hydrogens is 507 g/mol. The number of aliphatic imine (C=N–C) groups is 1. The van der Waals surface area contributed by atoms with Gasteiger partial charge in [0.2, 0.25) is 0 Å². The lowest BCUT2D eigenvalue weighted by Crippen LogP contribution is -2.39. The van der Waals surface area contributed by atoms with Crippen molar-refractivity contribution in [1.82, 2.24) is 15.5 Å². The van der Waals surface area contributed by atoms with E-state index in [2.05, 4.69) is 44.8 Å². The lowest BCUT2D eigenvalue weighted by molar-refractivity contribution is 0.0341. The van der Waals surface area contributed by atoms with Crippen molar-refractivity contribution in [2.45, 2.75) is 13.1 Å². The summed E-state index contributed by atoms with van der Waals surface area (Å²) in [7, 11) is 3.43. The molecule has 0 saturated carbocycles. The van der Waals surface area contributed by atoms with E-state index in [4.69, 9.17) is 14.2 Å². The van der Waals surface area contributed by atoms with Crippen LogP contribution in [-0.4, -0.2) is 64.5 Å². The van der Waals surface area contributed by atoms with E-state index in [0.717, 1.165) is 56.9 Å². The average molecular weight is 540 g/mol. The van der Waals surface area contributed by atoms with Crippen molar-refractivity contribution >= 4 is 29.9 Å². The van der Waals surface area contributed by atoms with Crippen LogP contribution in [0.25, 0.3) is 0 Å². The molecule has 2 aromatic rings. The smallest absolute Gasteiger partial charge is 0.191 e. The van der Waals surface area contributed by atoms with Crippen molar-refractivity contribution in [2.75, 3.05) is 53.6 Å². The second kappa shape index (κ2) is 14.1. The van der Waals surface area contributed by atoms with Gasteiger partial charge < -0.3 is 24.8 Å². The Kier molecular flexibility index (Phi) is 11.5. The highest BCUT2D eigenvalue weighted by molar-refractivity contribution is 14.0. The fourth-order valence-electron chi connectivity index (χ4n) is 3.29. The molecule has 0 aliphatic carbocycles. The van der Waals surface area contributed by atoms with Crippen LogP contribution in [0, 0.1) is 0 Å². The number of guanidine groups is 1. The third-order valence-electron chi connectivity index (χ3n) is 5.01. The van der Waals surface area contributed by atoms with Crippen LogP contribution < -0.4 is 20.1 Å². The number of halogens is 1. The van der Waals surface area contributed by atoms with Crippen molar-refractivity contribution < 1.29 is 14.2 Å². The van der Waals surface area contributed by atoms with Crippen molar-refractivity contribution in [2.24, 2.45) is 4.99 Å². The standard InChI is InChI=1S/C23H32N4O3.HI/c1-24-23(25-11-14-30-22-9-7-21(28-2)8-10-22)26-17-19-5-3-4-6-20(19)18-27-12-15-29-16-13-27;/h3-10H,11-18H2,1-2H3,(H2,24,25,26);1H. The number of morpholine rings is 1. The van der Waals surface area contributed by atoms with Crippen molar-refractivity contribution in [3.8, 4) is 11.5 Å². The highest BCUT2D eigenvalue weighted by Gasteiger charge is 2.12. The van der Waals surface area contributed by atoms with E-state index in [1.807, 2.05) is 24.3 Å². The molecule has 1 heterocycles. The van der Waals surface area contributed by atoms with Crippen molar-refractivity contribution in [1.29, 1.82) is 0 Å². The lowest BCUT2D eigenvalue weighted by atomic mass is 10.1. The minimum atomic E-state index is 0. The molecule has 1 fully saturated rings. The van der Waals surface area contributed by atoms with Crippen LogP contribution in [0.1, 0.15) is 11.1 Å². The van der Waals surface area contributed by atoms with Crippen molar-refractivity contribution in [3.05, 3.63) is 59.7 Å². The minimum absolute atomic E-state index is 0. The first kappa shape index (κ1) is 25.2. The molecular formula is C23H33IN4O3. The Balaban J connectivity index is 0.00000341. The maximum Gasteiger partial charge on any atom is 0.191 e. The molecule has 0 unspecified atom stereocenters. The molecule has 1 saturated heterocycles. The number of hydrogen-bond acceptors (Lipinski definition) is 5. The second-order valence-corrected chi connectivity index (χ2v) is 7.03. The summed E-state index contributed by atoms with van der Waals surface area (Å²) in [5.41, 5.74) is 2.62. The normalized spacial score (nSPS) is 14.5. The molecule has 0 atom stereocenters. The molecule has 31 heavy (non-hydrogen) atoms. The van der Waals surface area contributed by atoms with Gasteiger partial charge in [-0.1, -0.05) is 24.3 Å². The molecule has 7 nitrogen and oxygen atoms in total. The van der Waals surface area contributed by atoms with E-state index in [0.29, 0.717) is 13.2 Å². The Morgan fingerprint density at radius 1 is 1.00 bits per heavy atom. The van der Waals surface area contributed by atoms with E-state index in [9.17, 15) is 0 Å². The number of rotatable bonds is 9. The van der Waals surface area contributed by atoms with Gasteiger partial charge in [-0.25, -0.2) is 0 Å². The molecule has 3 rings (SSSR count). The number of methoxy groups -OCH3 is 1. The summed E-state index contributed by atoms with van der Waals surface area (Å²) in [5, 5.41) is 6.70. The Morgan fingerprint density at radius 2 is 1.68 bits per heavy atom. The van der Waals surface area contributed by atoms with Crippen LogP contribution in [0.4, 0.5) is 0 Å². The first-order valence-electron chi connectivity index (χ1n) is 10.4. The van der Waals surface area contributed by atoms with Crippen LogP contribution >= 0.6 is 24.0 Å². The molecule has 0 spiro atoms. The summed E-state index contributed by atoms with van der Waals surface area (Å²) >= 11 is 0. The first-order valence-corrected chi connectivity index (χ1v) is 10.4. The number of ether oxygens (including phenoxy) is 3. The molecule has 1 aliphatic rings. The monoisotopic (exact) mass is 540 g/mol. The molecule has 8 heteroatoms. The Bertz CT molecular complexity index is 796. The van der Waals surface area contributed by atoms with Gasteiger partial charge in [0.05, 0.1) is 26.9 Å². The zero-order valence-corrected chi connectivity index (χ0v) is 20.6. The average Bonchev–Trinajstić information content (AvgIpc) is 2.80. The molecule has 0 amide bonds. The van der Waals surface area contributed by atoms with E-state index < -0.39 is 0 Å². The van der Waals surface area contributed by atoms with E-state index >= 15 is 0 Å². The van der Waals surface area contributed by atoms with Crippen LogP contribution in [0.5, 0.6) is 11.5 Å². The van der Waals surface area contributed by atoms with Crippen LogP contribution in [0.15, 0.2) is 53.5 Å². The zero-order valence-electron chi connectivity index (χ0n) is 18.3. The summed E-state index contributed by atoms with van der Waals surface area (Å²) in [6.07, 6.45) is 0. The highest BCUT2D eigenvalue weighted by atomic mass is 127. The third kappa shape index (κ3) is 8.54. The number of benzene rings is 2. The van der Waals surface area contributed by atoms with Crippen molar-refractivity contribution in [3.63, 3.8) is 0 Å². The molecule has 0 aromatic heterocycles. The summed E-state index contributed by atoms with van der Waals surface area (Å²) in [6, 6.07) is 16.1. The van der Waals surface area contributed by atoms with Gasteiger partial charge in [0, 0.05) is 33.2 Å². The molecule has 2 aromatic carbocycles. The van der Waals surface area contributed by atoms with Gasteiger partial charge in [0.25, 0.3) is 0 Å². The van der Waals surface area contributed by atoms with Gasteiger partial charge in [-0.15, -0.1) is 24.0 Å². The maximum atomic E-state index is 5.75. The minimum Gasteiger partial charge on any atom is -0.497 e. The third-order valence-corrected chi connectivity index (χ3v) is 5.01. The van der Waals surface area contributed by atoms with E-state index in [1.54, 1.807) is 14.2 Å². The Morgan fingerprint density at radius 3 is 2.35 bits per heavy atom. The van der Waals surface area contributed by atoms with Crippen LogP contribution in [0.3, 0.4) is 0 Å². The molecule has 170 valence electrons.